The zero-order valence-electron chi connectivity index (χ0n) is 17.7. The van der Waals surface area contributed by atoms with Crippen LogP contribution in [0.15, 0.2) is 23.2 Å². The second kappa shape index (κ2) is 9.44. The molecule has 148 valence electrons. The number of nitrogens with zero attached hydrogens (tertiary/aromatic N) is 3. The monoisotopic (exact) mass is 371 g/mol. The molecule has 6 heteroatoms. The van der Waals surface area contributed by atoms with Gasteiger partial charge in [-0.15, -0.1) is 0 Å². The molecule has 0 amide bonds. The summed E-state index contributed by atoms with van der Waals surface area (Å²) in [4.78, 5) is 4.34. The predicted octanol–water partition coefficient (Wildman–Crippen LogP) is 3.39. The highest BCUT2D eigenvalue weighted by molar-refractivity contribution is 5.79. The topological polar surface area (TPSA) is 63.5 Å². The highest BCUT2D eigenvalue weighted by Crippen LogP contribution is 2.22. The summed E-state index contributed by atoms with van der Waals surface area (Å²) in [6.07, 6.45) is 1.17. The largest absolute Gasteiger partial charge is 0.490 e. The Morgan fingerprint density at radius 2 is 1.93 bits per heavy atom. The molecule has 1 heterocycles. The number of benzene rings is 1. The molecule has 2 rings (SSSR count). The van der Waals surface area contributed by atoms with E-state index in [0.29, 0.717) is 13.1 Å². The van der Waals surface area contributed by atoms with Gasteiger partial charge in [-0.3, -0.25) is 9.67 Å². The van der Waals surface area contributed by atoms with Crippen LogP contribution in [0.4, 0.5) is 0 Å². The van der Waals surface area contributed by atoms with Crippen LogP contribution < -0.4 is 15.4 Å². The molecule has 0 fully saturated rings. The molecule has 0 saturated heterocycles. The summed E-state index contributed by atoms with van der Waals surface area (Å²) in [6, 6.07) is 6.32. The van der Waals surface area contributed by atoms with Gasteiger partial charge in [0.25, 0.3) is 0 Å². The number of ether oxygens (including phenoxy) is 1. The zero-order valence-corrected chi connectivity index (χ0v) is 17.7. The van der Waals surface area contributed by atoms with Gasteiger partial charge < -0.3 is 15.4 Å². The SMILES string of the molecule is CCC(C)Oc1cc(C)ccc1CNC(=NC)NCc1c(C)nn(C)c1C. The third-order valence-electron chi connectivity index (χ3n) is 4.89. The third-order valence-corrected chi connectivity index (χ3v) is 4.89. The third kappa shape index (κ3) is 5.49. The Balaban J connectivity index is 2.01. The van der Waals surface area contributed by atoms with Gasteiger partial charge in [0.1, 0.15) is 5.75 Å². The van der Waals surface area contributed by atoms with Crippen LogP contribution in [0.1, 0.15) is 48.3 Å². The van der Waals surface area contributed by atoms with E-state index in [1.54, 1.807) is 7.05 Å². The Kier molecular flexibility index (Phi) is 7.28. The van der Waals surface area contributed by atoms with Crippen molar-refractivity contribution in [2.45, 2.75) is 60.2 Å². The van der Waals surface area contributed by atoms with E-state index in [4.69, 9.17) is 4.74 Å². The van der Waals surface area contributed by atoms with Crippen molar-refractivity contribution in [2.75, 3.05) is 7.05 Å². The first-order valence-corrected chi connectivity index (χ1v) is 9.55. The summed E-state index contributed by atoms with van der Waals surface area (Å²) in [6.45, 7) is 11.8. The Morgan fingerprint density at radius 3 is 2.52 bits per heavy atom. The van der Waals surface area contributed by atoms with Gasteiger partial charge in [-0.2, -0.15) is 5.10 Å². The Labute approximate surface area is 163 Å². The van der Waals surface area contributed by atoms with Crippen molar-refractivity contribution in [2.24, 2.45) is 12.0 Å². The summed E-state index contributed by atoms with van der Waals surface area (Å²) in [5, 5.41) is 11.2. The van der Waals surface area contributed by atoms with E-state index in [0.717, 1.165) is 29.4 Å². The van der Waals surface area contributed by atoms with Crippen LogP contribution in [0, 0.1) is 20.8 Å². The van der Waals surface area contributed by atoms with Crippen LogP contribution in [0.25, 0.3) is 0 Å². The number of aromatic nitrogens is 2. The van der Waals surface area contributed by atoms with Crippen molar-refractivity contribution >= 4 is 5.96 Å². The fraction of sp³-hybridized carbons (Fsp3) is 0.524. The number of hydrogen-bond donors (Lipinski definition) is 2. The van der Waals surface area contributed by atoms with Gasteiger partial charge in [-0.05, 0) is 45.7 Å². The van der Waals surface area contributed by atoms with E-state index in [1.807, 2.05) is 18.7 Å². The highest BCUT2D eigenvalue weighted by atomic mass is 16.5. The van der Waals surface area contributed by atoms with Gasteiger partial charge in [-0.1, -0.05) is 19.1 Å². The minimum absolute atomic E-state index is 0.194. The molecule has 0 aliphatic heterocycles. The number of hydrogen-bond acceptors (Lipinski definition) is 3. The molecule has 0 aliphatic rings. The van der Waals surface area contributed by atoms with Gasteiger partial charge >= 0.3 is 0 Å². The molecular formula is C21H33N5O. The molecule has 1 aromatic carbocycles. The van der Waals surface area contributed by atoms with Crippen molar-refractivity contribution in [3.63, 3.8) is 0 Å². The summed E-state index contributed by atoms with van der Waals surface area (Å²) >= 11 is 0. The van der Waals surface area contributed by atoms with Crippen molar-refractivity contribution in [1.82, 2.24) is 20.4 Å². The van der Waals surface area contributed by atoms with Gasteiger partial charge in [0.05, 0.1) is 11.8 Å². The molecule has 2 N–H and O–H groups in total. The van der Waals surface area contributed by atoms with Gasteiger partial charge in [0.2, 0.25) is 0 Å². The normalized spacial score (nSPS) is 12.8. The molecule has 1 unspecified atom stereocenters. The molecule has 0 bridgehead atoms. The first-order chi connectivity index (χ1) is 12.8. The van der Waals surface area contributed by atoms with E-state index in [1.165, 1.54) is 16.8 Å². The van der Waals surface area contributed by atoms with Gasteiger partial charge in [-0.25, -0.2) is 0 Å². The first-order valence-electron chi connectivity index (χ1n) is 9.55. The summed E-state index contributed by atoms with van der Waals surface area (Å²) in [5.41, 5.74) is 5.73. The maximum Gasteiger partial charge on any atom is 0.191 e. The molecule has 0 spiro atoms. The van der Waals surface area contributed by atoms with Crippen LogP contribution in [0.2, 0.25) is 0 Å². The molecule has 2 aromatic rings. The van der Waals surface area contributed by atoms with Crippen molar-refractivity contribution < 1.29 is 4.74 Å². The lowest BCUT2D eigenvalue weighted by Crippen LogP contribution is -2.36. The number of rotatable bonds is 7. The van der Waals surface area contributed by atoms with Crippen molar-refractivity contribution in [1.29, 1.82) is 0 Å². The predicted molar refractivity (Wildman–Crippen MR) is 111 cm³/mol. The summed E-state index contributed by atoms with van der Waals surface area (Å²) in [5.74, 6) is 1.69. The summed E-state index contributed by atoms with van der Waals surface area (Å²) < 4.78 is 8.00. The second-order valence-electron chi connectivity index (χ2n) is 7.00. The lowest BCUT2D eigenvalue weighted by Gasteiger charge is -2.18. The fourth-order valence-corrected chi connectivity index (χ4v) is 2.86. The molecule has 1 aromatic heterocycles. The number of aliphatic imine (C=N–C) groups is 1. The minimum atomic E-state index is 0.194. The van der Waals surface area contributed by atoms with Gasteiger partial charge in [0.15, 0.2) is 5.96 Å². The number of aryl methyl sites for hydroxylation is 3. The van der Waals surface area contributed by atoms with Crippen LogP contribution in [0.5, 0.6) is 5.75 Å². The maximum atomic E-state index is 6.09. The average Bonchev–Trinajstić information content (AvgIpc) is 2.88. The van der Waals surface area contributed by atoms with Crippen molar-refractivity contribution in [3.8, 4) is 5.75 Å². The smallest absolute Gasteiger partial charge is 0.191 e. The van der Waals surface area contributed by atoms with Crippen LogP contribution >= 0.6 is 0 Å². The Bertz CT molecular complexity index is 794. The molecular weight excluding hydrogens is 338 g/mol. The van der Waals surface area contributed by atoms with E-state index in [9.17, 15) is 0 Å². The lowest BCUT2D eigenvalue weighted by atomic mass is 10.1. The van der Waals surface area contributed by atoms with E-state index in [-0.39, 0.29) is 6.10 Å². The maximum absolute atomic E-state index is 6.09. The van der Waals surface area contributed by atoms with Crippen LogP contribution in [-0.4, -0.2) is 28.9 Å². The molecule has 0 aliphatic carbocycles. The minimum Gasteiger partial charge on any atom is -0.490 e. The van der Waals surface area contributed by atoms with E-state index >= 15 is 0 Å². The molecule has 0 radical (unpaired) electrons. The first kappa shape index (κ1) is 20.8. The highest BCUT2D eigenvalue weighted by Gasteiger charge is 2.11. The molecule has 6 nitrogen and oxygen atoms in total. The lowest BCUT2D eigenvalue weighted by molar-refractivity contribution is 0.215. The van der Waals surface area contributed by atoms with Crippen LogP contribution in [0.3, 0.4) is 0 Å². The molecule has 27 heavy (non-hydrogen) atoms. The number of nitrogens with one attached hydrogen (secondary N) is 2. The van der Waals surface area contributed by atoms with Crippen LogP contribution in [-0.2, 0) is 20.1 Å². The van der Waals surface area contributed by atoms with Gasteiger partial charge in [0, 0.05) is 44.0 Å². The Hall–Kier alpha value is -2.50. The zero-order chi connectivity index (χ0) is 20.0. The quantitative estimate of drug-likeness (QED) is 0.578. The second-order valence-corrected chi connectivity index (χ2v) is 7.00. The Morgan fingerprint density at radius 1 is 1.22 bits per heavy atom. The fourth-order valence-electron chi connectivity index (χ4n) is 2.86. The average molecular weight is 372 g/mol. The van der Waals surface area contributed by atoms with E-state index < -0.39 is 0 Å². The van der Waals surface area contributed by atoms with E-state index in [2.05, 4.69) is 66.6 Å². The summed E-state index contributed by atoms with van der Waals surface area (Å²) in [7, 11) is 3.75. The van der Waals surface area contributed by atoms with Crippen molar-refractivity contribution in [3.05, 3.63) is 46.3 Å². The standard InChI is InChI=1S/C21H33N5O/c1-8-15(3)27-20-11-14(2)9-10-18(20)12-23-21(22-6)24-13-19-16(4)25-26(7)17(19)5/h9-11,15H,8,12-13H2,1-7H3,(H2,22,23,24). The molecule has 0 saturated carbocycles. The number of guanidine groups is 1. The molecule has 1 atom stereocenters.